The van der Waals surface area contributed by atoms with Crippen LogP contribution in [-0.2, 0) is 10.1 Å². The second-order valence-corrected chi connectivity index (χ2v) is 5.76. The van der Waals surface area contributed by atoms with E-state index in [0.29, 0.717) is 0 Å². The van der Waals surface area contributed by atoms with Gasteiger partial charge >= 0.3 is 0 Å². The molecule has 0 aromatic carbocycles. The Morgan fingerprint density at radius 1 is 1.67 bits per heavy atom. The molecule has 0 saturated carbocycles. The molecule has 0 heterocycles. The number of nitriles is 1. The lowest BCUT2D eigenvalue weighted by Crippen LogP contribution is -2.42. The van der Waals surface area contributed by atoms with E-state index in [4.69, 9.17) is 10.4 Å². The Morgan fingerprint density at radius 3 is 2.00 bits per heavy atom. The highest BCUT2D eigenvalue weighted by Crippen LogP contribution is 2.14. The highest BCUT2D eigenvalue weighted by molar-refractivity contribution is 8.01. The smallest absolute Gasteiger partial charge is 0.115 e. The molecule has 0 aliphatic rings. The molecule has 0 atom stereocenters. The summed E-state index contributed by atoms with van der Waals surface area (Å²) in [4.78, 5) is 0. The molecule has 0 aliphatic carbocycles. The van der Waals surface area contributed by atoms with Crippen LogP contribution in [-0.4, -0.2) is 15.2 Å². The third kappa shape index (κ3) is 1.77. The lowest BCUT2D eigenvalue weighted by molar-refractivity contribution is 0.655. The van der Waals surface area contributed by atoms with Crippen molar-refractivity contribution in [3.8, 4) is 6.07 Å². The van der Waals surface area contributed by atoms with Gasteiger partial charge in [0.05, 0.1) is 6.07 Å². The van der Waals surface area contributed by atoms with Crippen molar-refractivity contribution < 1.29 is 4.21 Å². The van der Waals surface area contributed by atoms with Crippen LogP contribution in [0.1, 0.15) is 13.8 Å². The van der Waals surface area contributed by atoms with Gasteiger partial charge in [-0.15, -0.1) is 0 Å². The summed E-state index contributed by atoms with van der Waals surface area (Å²) in [5.41, 5.74) is 0. The zero-order valence-corrected chi connectivity index (χ0v) is 6.77. The monoisotopic (exact) mass is 148 g/mol. The van der Waals surface area contributed by atoms with Crippen molar-refractivity contribution in [2.45, 2.75) is 18.6 Å². The number of hydrogen-bond acceptors (Lipinski definition) is 2. The molecule has 4 heteroatoms. The summed E-state index contributed by atoms with van der Waals surface area (Å²) < 4.78 is 10.1. The van der Waals surface area contributed by atoms with Crippen molar-refractivity contribution in [3.05, 3.63) is 0 Å². The van der Waals surface area contributed by atoms with Gasteiger partial charge in [-0.2, -0.15) is 5.26 Å². The lowest BCUT2D eigenvalue weighted by atomic mass is 10.2. The molecule has 0 saturated heterocycles. The average molecular weight is 148 g/mol. The van der Waals surface area contributed by atoms with E-state index in [1.54, 1.807) is 13.8 Å². The van der Waals surface area contributed by atoms with Gasteiger partial charge < -0.3 is 0 Å². The van der Waals surface area contributed by atoms with Crippen molar-refractivity contribution in [1.29, 1.82) is 5.26 Å². The van der Waals surface area contributed by atoms with Crippen LogP contribution in [0.3, 0.4) is 0 Å². The highest BCUT2D eigenvalue weighted by Gasteiger charge is 2.26. The minimum atomic E-state index is -2.73. The van der Waals surface area contributed by atoms with Gasteiger partial charge in [0.25, 0.3) is 0 Å². The fourth-order valence-corrected chi connectivity index (χ4v) is 0.298. The van der Waals surface area contributed by atoms with Crippen LogP contribution in [0.5, 0.6) is 0 Å². The van der Waals surface area contributed by atoms with Crippen molar-refractivity contribution in [1.82, 2.24) is 0 Å². The van der Waals surface area contributed by atoms with Gasteiger partial charge in [-0.05, 0) is 24.0 Å². The molecule has 2 N–H and O–H groups in total. The van der Waals surface area contributed by atoms with Gasteiger partial charge in [-0.3, -0.25) is 9.35 Å². The Balaban J connectivity index is 4.61. The zero-order valence-electron chi connectivity index (χ0n) is 5.88. The summed E-state index contributed by atoms with van der Waals surface area (Å²) in [7, 11) is -2.73. The number of nitrogens with zero attached hydrogens (tertiary/aromatic N) is 1. The van der Waals surface area contributed by atoms with Crippen molar-refractivity contribution >= 4 is 10.1 Å². The van der Waals surface area contributed by atoms with E-state index < -0.39 is 14.9 Å². The molecule has 0 unspecified atom stereocenters. The number of nitrogens with two attached hydrogens (primary N) is 1. The maximum absolute atomic E-state index is 11.0. The Bertz CT molecular complexity index is 186. The van der Waals surface area contributed by atoms with Crippen molar-refractivity contribution in [2.24, 2.45) is 5.14 Å². The molecule has 54 valence electrons. The van der Waals surface area contributed by atoms with Crippen LogP contribution < -0.4 is 5.14 Å². The van der Waals surface area contributed by atoms with Crippen LogP contribution in [0.4, 0.5) is 0 Å². The molecule has 3 nitrogen and oxygen atoms in total. The Morgan fingerprint density at radius 2 is 2.00 bits per heavy atom. The van der Waals surface area contributed by atoms with E-state index in [1.165, 1.54) is 6.26 Å². The van der Waals surface area contributed by atoms with Gasteiger partial charge in [-0.25, -0.2) is 0 Å². The van der Waals surface area contributed by atoms with Crippen LogP contribution >= 0.6 is 0 Å². The van der Waals surface area contributed by atoms with E-state index >= 15 is 0 Å². The maximum atomic E-state index is 11.0. The van der Waals surface area contributed by atoms with Crippen LogP contribution in [0.15, 0.2) is 0 Å². The Hall–Kier alpha value is -0.400. The molecule has 0 radical (unpaired) electrons. The summed E-state index contributed by atoms with van der Waals surface area (Å²) in [6.07, 6.45) is 1.41. The quantitative estimate of drug-likeness (QED) is 0.506. The largest absolute Gasteiger partial charge is 0.273 e. The standard InChI is InChI=1S/C5H12N2OS/c1-5(2,4-6)9(3,7)8/h9H,1-3H3,(H2,7,8). The minimum Gasteiger partial charge on any atom is -0.273 e. The lowest BCUT2D eigenvalue weighted by Gasteiger charge is -2.25. The summed E-state index contributed by atoms with van der Waals surface area (Å²) in [6.45, 7) is 3.15. The SMILES string of the molecule is CC(C)(C#N)[SH](C)(N)=O. The minimum absolute atomic E-state index is 0.882. The first-order valence-electron chi connectivity index (χ1n) is 2.59. The number of rotatable bonds is 1. The molecule has 9 heavy (non-hydrogen) atoms. The average Bonchev–Trinajstić information content (AvgIpc) is 1.64. The van der Waals surface area contributed by atoms with Crippen LogP contribution in [0, 0.1) is 11.3 Å². The first-order valence-corrected chi connectivity index (χ1v) is 4.81. The molecule has 0 aromatic rings. The summed E-state index contributed by atoms with van der Waals surface area (Å²) in [6, 6.07) is 1.89. The van der Waals surface area contributed by atoms with Crippen LogP contribution in [0.2, 0.25) is 0 Å². The Labute approximate surface area is 56.4 Å². The van der Waals surface area contributed by atoms with E-state index in [0.717, 1.165) is 0 Å². The number of hydrogen-bond donors (Lipinski definition) is 2. The van der Waals surface area contributed by atoms with Crippen molar-refractivity contribution in [2.75, 3.05) is 6.26 Å². The molecular formula is C5H12N2OS. The fraction of sp³-hybridized carbons (Fsp3) is 0.800. The summed E-state index contributed by atoms with van der Waals surface area (Å²) in [5.74, 6) is 0. The molecule has 0 rings (SSSR count). The van der Waals surface area contributed by atoms with Crippen molar-refractivity contribution in [3.63, 3.8) is 0 Å². The zero-order chi connectivity index (χ0) is 7.71. The van der Waals surface area contributed by atoms with Gasteiger partial charge in [0.15, 0.2) is 0 Å². The predicted molar refractivity (Wildman–Crippen MR) is 39.3 cm³/mol. The molecule has 0 spiro atoms. The normalized spacial score (nSPS) is 14.6. The summed E-state index contributed by atoms with van der Waals surface area (Å²) in [5, 5.41) is 13.7. The van der Waals surface area contributed by atoms with Gasteiger partial charge in [0, 0.05) is 6.26 Å². The molecule has 0 bridgehead atoms. The second kappa shape index (κ2) is 2.09. The molecule has 0 fully saturated rings. The van der Waals surface area contributed by atoms with Crippen LogP contribution in [0.25, 0.3) is 0 Å². The first-order chi connectivity index (χ1) is 3.81. The topological polar surface area (TPSA) is 66.9 Å². The number of thiol groups is 1. The third-order valence-corrected chi connectivity index (χ3v) is 3.70. The van der Waals surface area contributed by atoms with E-state index in [2.05, 4.69) is 0 Å². The molecule has 0 aromatic heterocycles. The van der Waals surface area contributed by atoms with E-state index in [1.807, 2.05) is 6.07 Å². The van der Waals surface area contributed by atoms with E-state index in [-0.39, 0.29) is 0 Å². The van der Waals surface area contributed by atoms with Gasteiger partial charge in [0.2, 0.25) is 0 Å². The molecule has 0 amide bonds. The summed E-state index contributed by atoms with van der Waals surface area (Å²) >= 11 is 0. The van der Waals surface area contributed by atoms with Gasteiger partial charge in [-0.1, -0.05) is 0 Å². The molecular weight excluding hydrogens is 136 g/mol. The predicted octanol–water partition coefficient (Wildman–Crippen LogP) is -0.191. The Kier molecular flexibility index (Phi) is 1.99. The van der Waals surface area contributed by atoms with E-state index in [9.17, 15) is 4.21 Å². The third-order valence-electron chi connectivity index (χ3n) is 1.38. The fourth-order valence-electron chi connectivity index (χ4n) is 0.0993. The van der Waals surface area contributed by atoms with Gasteiger partial charge in [0.1, 0.15) is 4.75 Å². The maximum Gasteiger partial charge on any atom is 0.115 e. The first kappa shape index (κ1) is 8.60. The highest BCUT2D eigenvalue weighted by atomic mass is 32.3. The molecule has 0 aliphatic heterocycles. The second-order valence-electron chi connectivity index (χ2n) is 2.66.